The first-order valence-corrected chi connectivity index (χ1v) is 6.48. The van der Waals surface area contributed by atoms with Crippen LogP contribution in [0.1, 0.15) is 11.3 Å². The van der Waals surface area contributed by atoms with Crippen LogP contribution < -0.4 is 16.1 Å². The molecule has 2 N–H and O–H groups in total. The smallest absolute Gasteiger partial charge is 0.336 e. The summed E-state index contributed by atoms with van der Waals surface area (Å²) < 4.78 is 10.9. The molecule has 0 bridgehead atoms. The van der Waals surface area contributed by atoms with Crippen LogP contribution in [-0.4, -0.2) is 4.98 Å². The van der Waals surface area contributed by atoms with E-state index in [1.807, 2.05) is 26.0 Å². The second-order valence-electron chi connectivity index (χ2n) is 4.83. The third-order valence-corrected chi connectivity index (χ3v) is 3.25. The zero-order chi connectivity index (χ0) is 15.0. The van der Waals surface area contributed by atoms with Gasteiger partial charge in [0.05, 0.1) is 11.4 Å². The number of hydrogen-bond acceptors (Lipinski definition) is 5. The Morgan fingerprint density at radius 1 is 1.14 bits per heavy atom. The number of rotatable bonds is 2. The molecule has 0 saturated carbocycles. The largest absolute Gasteiger partial charge is 0.439 e. The van der Waals surface area contributed by atoms with E-state index in [4.69, 9.17) is 14.9 Å². The van der Waals surface area contributed by atoms with E-state index >= 15 is 0 Å². The summed E-state index contributed by atoms with van der Waals surface area (Å²) in [6.07, 6.45) is 0. The second kappa shape index (κ2) is 4.94. The summed E-state index contributed by atoms with van der Waals surface area (Å²) >= 11 is 0. The number of ether oxygens (including phenoxy) is 1. The molecular formula is C16H14N2O3. The van der Waals surface area contributed by atoms with Crippen molar-refractivity contribution in [2.45, 2.75) is 13.8 Å². The highest BCUT2D eigenvalue weighted by atomic mass is 16.5. The van der Waals surface area contributed by atoms with Gasteiger partial charge in [-0.2, -0.15) is 0 Å². The van der Waals surface area contributed by atoms with Crippen molar-refractivity contribution >= 4 is 16.7 Å². The number of nitrogens with two attached hydrogens (primary N) is 1. The molecule has 3 rings (SSSR count). The van der Waals surface area contributed by atoms with E-state index < -0.39 is 0 Å². The first kappa shape index (κ1) is 13.2. The van der Waals surface area contributed by atoms with Crippen LogP contribution in [0.2, 0.25) is 0 Å². The fourth-order valence-corrected chi connectivity index (χ4v) is 2.10. The first-order chi connectivity index (χ1) is 10.0. The number of nitrogens with zero attached hydrogens (tertiary/aromatic N) is 1. The predicted molar refractivity (Wildman–Crippen MR) is 80.7 cm³/mol. The van der Waals surface area contributed by atoms with Crippen LogP contribution in [-0.2, 0) is 0 Å². The Kier molecular flexibility index (Phi) is 3.10. The van der Waals surface area contributed by atoms with Crippen molar-refractivity contribution in [3.63, 3.8) is 0 Å². The van der Waals surface area contributed by atoms with Gasteiger partial charge in [0.1, 0.15) is 11.3 Å². The Hall–Kier alpha value is -2.82. The summed E-state index contributed by atoms with van der Waals surface area (Å²) in [7, 11) is 0. The van der Waals surface area contributed by atoms with Gasteiger partial charge in [-0.15, -0.1) is 0 Å². The van der Waals surface area contributed by atoms with Gasteiger partial charge < -0.3 is 14.9 Å². The van der Waals surface area contributed by atoms with Crippen molar-refractivity contribution in [1.82, 2.24) is 4.98 Å². The molecule has 0 aliphatic rings. The average Bonchev–Trinajstić information content (AvgIpc) is 2.42. The van der Waals surface area contributed by atoms with Gasteiger partial charge in [0.15, 0.2) is 0 Å². The minimum absolute atomic E-state index is 0.376. The highest BCUT2D eigenvalue weighted by Crippen LogP contribution is 2.26. The Balaban J connectivity index is 2.01. The lowest BCUT2D eigenvalue weighted by Gasteiger charge is -2.08. The standard InChI is InChI=1S/C16H14N2O3/c1-9-7-16(19)21-14-8-11(3-4-12(9)14)20-15-6-5-13(17)10(2)18-15/h3-8H,17H2,1-2H3. The summed E-state index contributed by atoms with van der Waals surface area (Å²) in [5.74, 6) is 0.990. The molecule has 0 unspecified atom stereocenters. The van der Waals surface area contributed by atoms with E-state index in [1.54, 1.807) is 18.2 Å². The Labute approximate surface area is 121 Å². The van der Waals surface area contributed by atoms with Gasteiger partial charge in [-0.3, -0.25) is 0 Å². The van der Waals surface area contributed by atoms with Crippen molar-refractivity contribution in [3.05, 3.63) is 58.1 Å². The van der Waals surface area contributed by atoms with Gasteiger partial charge in [0, 0.05) is 23.6 Å². The number of pyridine rings is 1. The average molecular weight is 282 g/mol. The summed E-state index contributed by atoms with van der Waals surface area (Å²) in [5, 5.41) is 0.878. The van der Waals surface area contributed by atoms with Crippen molar-refractivity contribution in [2.75, 3.05) is 5.73 Å². The minimum atomic E-state index is -0.376. The molecule has 5 nitrogen and oxygen atoms in total. The van der Waals surface area contributed by atoms with Gasteiger partial charge in [-0.1, -0.05) is 0 Å². The number of fused-ring (bicyclic) bond motifs is 1. The minimum Gasteiger partial charge on any atom is -0.439 e. The molecule has 0 fully saturated rings. The molecular weight excluding hydrogens is 268 g/mol. The monoisotopic (exact) mass is 282 g/mol. The number of nitrogen functional groups attached to an aromatic ring is 1. The maximum atomic E-state index is 11.4. The molecule has 106 valence electrons. The van der Waals surface area contributed by atoms with Gasteiger partial charge >= 0.3 is 5.63 Å². The van der Waals surface area contributed by atoms with Crippen molar-refractivity contribution in [1.29, 1.82) is 0 Å². The predicted octanol–water partition coefficient (Wildman–Crippen LogP) is 3.18. The number of aromatic nitrogens is 1. The van der Waals surface area contributed by atoms with Crippen LogP contribution in [0.15, 0.2) is 45.6 Å². The summed E-state index contributed by atoms with van der Waals surface area (Å²) in [6, 6.07) is 10.2. The van der Waals surface area contributed by atoms with Crippen molar-refractivity contribution in [2.24, 2.45) is 0 Å². The number of benzene rings is 1. The lowest BCUT2D eigenvalue weighted by molar-refractivity contribution is 0.460. The van der Waals surface area contributed by atoms with Gasteiger partial charge in [-0.05, 0) is 37.6 Å². The fourth-order valence-electron chi connectivity index (χ4n) is 2.10. The molecule has 0 saturated heterocycles. The lowest BCUT2D eigenvalue weighted by Crippen LogP contribution is -1.98. The van der Waals surface area contributed by atoms with Crippen LogP contribution in [0.25, 0.3) is 11.0 Å². The SMILES string of the molecule is Cc1nc(Oc2ccc3c(C)cc(=O)oc3c2)ccc1N. The fraction of sp³-hybridized carbons (Fsp3) is 0.125. The Morgan fingerprint density at radius 3 is 2.71 bits per heavy atom. The number of aryl methyl sites for hydroxylation is 2. The molecule has 2 heterocycles. The molecule has 21 heavy (non-hydrogen) atoms. The zero-order valence-electron chi connectivity index (χ0n) is 11.7. The Morgan fingerprint density at radius 2 is 1.95 bits per heavy atom. The molecule has 0 radical (unpaired) electrons. The maximum absolute atomic E-state index is 11.4. The van der Waals surface area contributed by atoms with Gasteiger partial charge in [-0.25, -0.2) is 9.78 Å². The van der Waals surface area contributed by atoms with E-state index in [0.29, 0.717) is 28.6 Å². The van der Waals surface area contributed by atoms with Crippen LogP contribution in [0.3, 0.4) is 0 Å². The first-order valence-electron chi connectivity index (χ1n) is 6.48. The van der Waals surface area contributed by atoms with E-state index in [-0.39, 0.29) is 5.63 Å². The number of hydrogen-bond donors (Lipinski definition) is 1. The topological polar surface area (TPSA) is 78.3 Å². The van der Waals surface area contributed by atoms with Crippen molar-refractivity contribution < 1.29 is 9.15 Å². The highest BCUT2D eigenvalue weighted by molar-refractivity contribution is 5.81. The summed E-state index contributed by atoms with van der Waals surface area (Å²) in [4.78, 5) is 15.7. The van der Waals surface area contributed by atoms with E-state index in [9.17, 15) is 4.79 Å². The molecule has 2 aromatic heterocycles. The zero-order valence-corrected chi connectivity index (χ0v) is 11.7. The molecule has 0 aliphatic heterocycles. The normalized spacial score (nSPS) is 10.8. The second-order valence-corrected chi connectivity index (χ2v) is 4.83. The van der Waals surface area contributed by atoms with Crippen LogP contribution in [0, 0.1) is 13.8 Å². The molecule has 0 aliphatic carbocycles. The molecule has 0 atom stereocenters. The molecule has 3 aromatic rings. The summed E-state index contributed by atoms with van der Waals surface area (Å²) in [5.41, 5.74) is 8.02. The van der Waals surface area contributed by atoms with Crippen LogP contribution >= 0.6 is 0 Å². The van der Waals surface area contributed by atoms with Crippen LogP contribution in [0.4, 0.5) is 5.69 Å². The lowest BCUT2D eigenvalue weighted by atomic mass is 10.1. The highest BCUT2D eigenvalue weighted by Gasteiger charge is 2.06. The van der Waals surface area contributed by atoms with Crippen molar-refractivity contribution in [3.8, 4) is 11.6 Å². The van der Waals surface area contributed by atoms with Crippen LogP contribution in [0.5, 0.6) is 11.6 Å². The van der Waals surface area contributed by atoms with E-state index in [2.05, 4.69) is 4.98 Å². The van der Waals surface area contributed by atoms with Gasteiger partial charge in [0.2, 0.25) is 5.88 Å². The van der Waals surface area contributed by atoms with E-state index in [1.165, 1.54) is 6.07 Å². The van der Waals surface area contributed by atoms with Gasteiger partial charge in [0.25, 0.3) is 0 Å². The molecule has 1 aromatic carbocycles. The third kappa shape index (κ3) is 2.58. The number of anilines is 1. The Bertz CT molecular complexity index is 884. The third-order valence-electron chi connectivity index (χ3n) is 3.25. The maximum Gasteiger partial charge on any atom is 0.336 e. The summed E-state index contributed by atoms with van der Waals surface area (Å²) in [6.45, 7) is 3.68. The quantitative estimate of drug-likeness (QED) is 0.730. The van der Waals surface area contributed by atoms with E-state index in [0.717, 1.165) is 10.9 Å². The molecule has 5 heteroatoms. The molecule has 0 spiro atoms. The molecule has 0 amide bonds.